The lowest BCUT2D eigenvalue weighted by Gasteiger charge is -2.19. The number of ether oxygens (including phenoxy) is 2. The van der Waals surface area contributed by atoms with E-state index in [1.54, 1.807) is 72.8 Å². The Balaban J connectivity index is 1.59. The third kappa shape index (κ3) is 9.66. The van der Waals surface area contributed by atoms with Gasteiger partial charge in [0.2, 0.25) is 15.8 Å². The molecule has 0 aliphatic rings. The molecule has 53 heavy (non-hydrogen) atoms. The number of aromatic nitrogens is 4. The molecule has 4 aromatic carbocycles. The number of amides is 1. The van der Waals surface area contributed by atoms with Crippen LogP contribution in [0.3, 0.4) is 0 Å². The summed E-state index contributed by atoms with van der Waals surface area (Å²) in [5, 5.41) is 23.4. The Morgan fingerprint density at radius 1 is 0.925 bits per heavy atom. The average Bonchev–Trinajstić information content (AvgIpc) is 3.61. The van der Waals surface area contributed by atoms with Crippen LogP contribution in [-0.4, -0.2) is 73.0 Å². The Labute approximate surface area is 302 Å². The summed E-state index contributed by atoms with van der Waals surface area (Å²) >= 11 is 0. The summed E-state index contributed by atoms with van der Waals surface area (Å²) in [6.45, 7) is 0.160. The highest BCUT2D eigenvalue weighted by molar-refractivity contribution is 7.89. The molecule has 5 aromatic rings. The van der Waals surface area contributed by atoms with E-state index >= 15 is 0 Å². The van der Waals surface area contributed by atoms with Crippen LogP contribution in [0.1, 0.15) is 28.7 Å². The Bertz CT molecular complexity index is 2180. The maximum atomic E-state index is 14.7. The topological polar surface area (TPSA) is 196 Å². The number of nitrogens with two attached hydrogens (primary N) is 1. The van der Waals surface area contributed by atoms with Crippen LogP contribution in [0, 0.1) is 0 Å². The van der Waals surface area contributed by atoms with Gasteiger partial charge in [-0.15, -0.1) is 10.2 Å². The molecule has 0 radical (unpaired) electrons. The summed E-state index contributed by atoms with van der Waals surface area (Å²) in [4.78, 5) is 15.0. The summed E-state index contributed by atoms with van der Waals surface area (Å²) in [7, 11) is -1.92. The van der Waals surface area contributed by atoms with Gasteiger partial charge in [-0.3, -0.25) is 4.99 Å². The van der Waals surface area contributed by atoms with Crippen molar-refractivity contribution in [1.29, 1.82) is 0 Å². The molecule has 0 atom stereocenters. The lowest BCUT2D eigenvalue weighted by molar-refractivity contribution is -0.139. The molecule has 1 amide bonds. The molecule has 0 spiro atoms. The average molecular weight is 753 g/mol. The second-order valence-electron chi connectivity index (χ2n) is 11.5. The van der Waals surface area contributed by atoms with Crippen LogP contribution in [-0.2, 0) is 29.3 Å². The summed E-state index contributed by atoms with van der Waals surface area (Å²) < 4.78 is 84.9. The Kier molecular flexibility index (Phi) is 11.9. The first-order valence-electron chi connectivity index (χ1n) is 15.9. The van der Waals surface area contributed by atoms with Crippen molar-refractivity contribution in [2.24, 2.45) is 10.7 Å². The smallest absolute Gasteiger partial charge is 0.417 e. The highest BCUT2D eigenvalue weighted by Gasteiger charge is 2.41. The number of tetrazole rings is 1. The number of rotatable bonds is 15. The normalized spacial score (nSPS) is 12.1. The monoisotopic (exact) mass is 752 g/mol. The number of sulfonamides is 1. The predicted octanol–water partition coefficient (Wildman–Crippen LogP) is 4.93. The van der Waals surface area contributed by atoms with E-state index < -0.39 is 38.3 Å². The van der Waals surface area contributed by atoms with Crippen molar-refractivity contribution >= 4 is 22.0 Å². The van der Waals surface area contributed by atoms with Crippen LogP contribution in [0.5, 0.6) is 11.5 Å². The number of nitrogens with zero attached hydrogens (tertiary/aromatic N) is 5. The van der Waals surface area contributed by atoms with Crippen LogP contribution < -0.4 is 25.2 Å². The molecule has 14 nitrogen and oxygen atoms in total. The quantitative estimate of drug-likeness (QED) is 0.0647. The minimum Gasteiger partial charge on any atom is -0.497 e. The van der Waals surface area contributed by atoms with E-state index in [-0.39, 0.29) is 43.4 Å². The highest BCUT2D eigenvalue weighted by atomic mass is 32.2. The van der Waals surface area contributed by atoms with Gasteiger partial charge in [0, 0.05) is 25.2 Å². The third-order valence-corrected chi connectivity index (χ3v) is 9.39. The van der Waals surface area contributed by atoms with E-state index in [1.165, 1.54) is 14.2 Å². The number of hydrogen-bond acceptors (Lipinski definition) is 9. The second kappa shape index (κ2) is 16.6. The number of nitrogens with one attached hydrogen (secondary N) is 2. The van der Waals surface area contributed by atoms with Crippen molar-refractivity contribution in [3.63, 3.8) is 0 Å². The molecule has 0 fully saturated rings. The molecule has 0 aliphatic heterocycles. The van der Waals surface area contributed by atoms with E-state index in [4.69, 9.17) is 20.3 Å². The molecule has 278 valence electrons. The van der Waals surface area contributed by atoms with E-state index in [2.05, 4.69) is 30.4 Å². The number of carbonyl (C=O) groups is 1. The third-order valence-electron chi connectivity index (χ3n) is 7.90. The Morgan fingerprint density at radius 2 is 1.55 bits per heavy atom. The molecular formula is C35H35F3N8O6S. The molecule has 0 unspecified atom stereocenters. The van der Waals surface area contributed by atoms with Crippen molar-refractivity contribution < 1.29 is 41.0 Å². The first-order chi connectivity index (χ1) is 25.3. The summed E-state index contributed by atoms with van der Waals surface area (Å²) in [5.41, 5.74) is 6.37. The fourth-order valence-corrected chi connectivity index (χ4v) is 6.68. The lowest BCUT2D eigenvalue weighted by Crippen LogP contribution is -2.27. The number of methoxy groups -OCH3 is 2. The second-order valence-corrected chi connectivity index (χ2v) is 13.2. The molecule has 0 saturated heterocycles. The molecule has 0 saturated carbocycles. The number of halogens is 3. The predicted molar refractivity (Wildman–Crippen MR) is 189 cm³/mol. The number of alkyl halides is 3. The first-order valence-corrected chi connectivity index (χ1v) is 17.4. The fraction of sp³-hybridized carbons (Fsp3) is 0.229. The van der Waals surface area contributed by atoms with Crippen LogP contribution in [0.25, 0.3) is 22.5 Å². The van der Waals surface area contributed by atoms with E-state index in [0.717, 1.165) is 16.4 Å². The minimum absolute atomic E-state index is 0.0722. The molecular weight excluding hydrogens is 717 g/mol. The van der Waals surface area contributed by atoms with Gasteiger partial charge in [0.25, 0.3) is 0 Å². The number of carboxylic acid groups (broad SMARTS) is 1. The van der Waals surface area contributed by atoms with Gasteiger partial charge in [-0.2, -0.15) is 18.0 Å². The standard InChI is InChI=1S/C35H35F3N8O6S/c1-51-26-12-4-22(5-13-26)20-42-53(49,50)31-29(35(36,37)38)17-16-28(24-8-10-25(11-9-24)32(39)40-18-3-19-41-34(47)48)30(31)33-43-45-46(44-33)21-23-6-14-27(52-2)15-7-23/h4-17,41-42H,3,18-21H2,1-2H3,(H2,39,40)(H,47,48). The van der Waals surface area contributed by atoms with Crippen molar-refractivity contribution in [3.05, 3.63) is 107 Å². The largest absolute Gasteiger partial charge is 0.497 e. The van der Waals surface area contributed by atoms with Crippen LogP contribution in [0.2, 0.25) is 0 Å². The summed E-state index contributed by atoms with van der Waals surface area (Å²) in [6.07, 6.45) is -5.85. The minimum atomic E-state index is -5.09. The fourth-order valence-electron chi connectivity index (χ4n) is 5.23. The molecule has 18 heteroatoms. The van der Waals surface area contributed by atoms with Crippen molar-refractivity contribution in [1.82, 2.24) is 30.2 Å². The van der Waals surface area contributed by atoms with Gasteiger partial charge in [0.1, 0.15) is 22.2 Å². The van der Waals surface area contributed by atoms with Gasteiger partial charge in [0.15, 0.2) is 0 Å². The molecule has 0 bridgehead atoms. The number of hydrogen-bond donors (Lipinski definition) is 4. The molecule has 1 aromatic heterocycles. The van der Waals surface area contributed by atoms with Crippen LogP contribution in [0.4, 0.5) is 18.0 Å². The number of amidine groups is 1. The molecule has 5 N–H and O–H groups in total. The van der Waals surface area contributed by atoms with Crippen LogP contribution >= 0.6 is 0 Å². The SMILES string of the molecule is COc1ccc(CNS(=O)(=O)c2c(C(F)(F)F)ccc(-c3ccc(C(N)=NCCCNC(=O)O)cc3)c2-c2nnn(Cc3ccc(OC)cc3)n2)cc1. The Morgan fingerprint density at radius 3 is 2.13 bits per heavy atom. The molecule has 5 rings (SSSR count). The molecule has 1 heterocycles. The van der Waals surface area contributed by atoms with Gasteiger partial charge in [-0.05, 0) is 64.2 Å². The molecule has 0 aliphatic carbocycles. The van der Waals surface area contributed by atoms with E-state index in [9.17, 15) is 26.4 Å². The first kappa shape index (κ1) is 38.2. The van der Waals surface area contributed by atoms with Gasteiger partial charge in [-0.1, -0.05) is 54.6 Å². The zero-order chi connectivity index (χ0) is 38.2. The number of aliphatic imine (C=N–C) groups is 1. The van der Waals surface area contributed by atoms with E-state index in [1.807, 2.05) is 0 Å². The summed E-state index contributed by atoms with van der Waals surface area (Å²) in [5.74, 6) is 0.915. The highest BCUT2D eigenvalue weighted by Crippen LogP contribution is 2.43. The van der Waals surface area contributed by atoms with Gasteiger partial charge in [0.05, 0.1) is 31.9 Å². The van der Waals surface area contributed by atoms with Crippen molar-refractivity contribution in [3.8, 4) is 34.0 Å². The zero-order valence-corrected chi connectivity index (χ0v) is 29.3. The van der Waals surface area contributed by atoms with Crippen molar-refractivity contribution in [2.75, 3.05) is 27.3 Å². The maximum absolute atomic E-state index is 14.7. The van der Waals surface area contributed by atoms with Crippen molar-refractivity contribution in [2.45, 2.75) is 30.6 Å². The Hall–Kier alpha value is -6.01. The van der Waals surface area contributed by atoms with E-state index in [0.29, 0.717) is 40.7 Å². The lowest BCUT2D eigenvalue weighted by atomic mass is 9.95. The van der Waals surface area contributed by atoms with Crippen LogP contribution in [0.15, 0.2) is 94.8 Å². The zero-order valence-electron chi connectivity index (χ0n) is 28.5. The number of benzene rings is 4. The van der Waals surface area contributed by atoms with Gasteiger partial charge < -0.3 is 25.6 Å². The van der Waals surface area contributed by atoms with Gasteiger partial charge in [-0.25, -0.2) is 17.9 Å². The van der Waals surface area contributed by atoms with Gasteiger partial charge >= 0.3 is 12.3 Å². The summed E-state index contributed by atoms with van der Waals surface area (Å²) in [6, 6.07) is 21.4. The maximum Gasteiger partial charge on any atom is 0.417 e.